The standard InChI is InChI=1S/C24H20F15NO4/c1-2-43-16(41)10-13-44-17(42)14-6-8-15(9-7-14)40-12-5-3-4-11-18(25,26)19(27,28)20(29,30)21(31,32)22(33,34)23(35,36)24(37,38)39/h4,6-11,13,40H,2-3,5,12H2,1H3. The minimum Gasteiger partial charge on any atom is -0.463 e. The van der Waals surface area contributed by atoms with Gasteiger partial charge in [0.1, 0.15) is 6.26 Å². The van der Waals surface area contributed by atoms with E-state index in [-0.39, 0.29) is 36.9 Å². The molecule has 0 saturated carbocycles. The zero-order valence-corrected chi connectivity index (χ0v) is 21.7. The number of nitrogens with one attached hydrogen (secondary N) is 1. The van der Waals surface area contributed by atoms with Crippen molar-refractivity contribution < 1.29 is 84.9 Å². The first-order valence-electron chi connectivity index (χ1n) is 11.7. The van der Waals surface area contributed by atoms with Crippen LogP contribution in [0.2, 0.25) is 0 Å². The number of carbonyl (C=O) groups is 2. The number of esters is 2. The zero-order valence-electron chi connectivity index (χ0n) is 21.7. The highest BCUT2D eigenvalue weighted by atomic mass is 19.4. The summed E-state index contributed by atoms with van der Waals surface area (Å²) < 4.78 is 207. The van der Waals surface area contributed by atoms with E-state index in [9.17, 15) is 75.4 Å². The Balaban J connectivity index is 2.82. The van der Waals surface area contributed by atoms with E-state index in [1.807, 2.05) is 0 Å². The zero-order chi connectivity index (χ0) is 34.4. The molecule has 0 aliphatic heterocycles. The molecule has 0 spiro atoms. The maximum absolute atomic E-state index is 13.8. The molecular formula is C24H20F15NO4. The maximum atomic E-state index is 13.8. The Morgan fingerprint density at radius 2 is 1.25 bits per heavy atom. The number of hydrogen-bond acceptors (Lipinski definition) is 5. The predicted octanol–water partition coefficient (Wildman–Crippen LogP) is 8.04. The van der Waals surface area contributed by atoms with Crippen molar-refractivity contribution in [3.05, 3.63) is 54.3 Å². The van der Waals surface area contributed by atoms with E-state index in [1.165, 1.54) is 24.3 Å². The molecule has 1 N–H and O–H groups in total. The van der Waals surface area contributed by atoms with Gasteiger partial charge in [0.05, 0.1) is 18.2 Å². The van der Waals surface area contributed by atoms with E-state index >= 15 is 0 Å². The number of allylic oxidation sites excluding steroid dienone is 2. The molecule has 1 rings (SSSR count). The van der Waals surface area contributed by atoms with Gasteiger partial charge in [-0.15, -0.1) is 0 Å². The van der Waals surface area contributed by atoms with Gasteiger partial charge in [-0.3, -0.25) is 0 Å². The molecule has 0 bridgehead atoms. The Morgan fingerprint density at radius 3 is 1.75 bits per heavy atom. The number of carbonyl (C=O) groups excluding carboxylic acids is 2. The molecule has 0 radical (unpaired) electrons. The Hall–Kier alpha value is -3.61. The van der Waals surface area contributed by atoms with Gasteiger partial charge in [0.25, 0.3) is 0 Å². The Kier molecular flexibility index (Phi) is 11.9. The van der Waals surface area contributed by atoms with Crippen molar-refractivity contribution in [3.8, 4) is 0 Å². The lowest BCUT2D eigenvalue weighted by molar-refractivity contribution is -0.449. The van der Waals surface area contributed by atoms with Crippen LogP contribution in [0, 0.1) is 0 Å². The third-order valence-corrected chi connectivity index (χ3v) is 5.34. The highest BCUT2D eigenvalue weighted by molar-refractivity contribution is 5.90. The van der Waals surface area contributed by atoms with E-state index in [4.69, 9.17) is 0 Å². The van der Waals surface area contributed by atoms with Gasteiger partial charge in [0, 0.05) is 12.2 Å². The fraction of sp³-hybridized carbons (Fsp3) is 0.500. The number of alkyl halides is 15. The summed E-state index contributed by atoms with van der Waals surface area (Å²) in [7, 11) is 0. The van der Waals surface area contributed by atoms with Crippen LogP contribution in [0.5, 0.6) is 0 Å². The first-order valence-corrected chi connectivity index (χ1v) is 11.7. The van der Waals surface area contributed by atoms with Crippen LogP contribution in [0.25, 0.3) is 0 Å². The second-order valence-corrected chi connectivity index (χ2v) is 8.50. The van der Waals surface area contributed by atoms with Gasteiger partial charge in [0.15, 0.2) is 0 Å². The number of ether oxygens (including phenoxy) is 2. The predicted molar refractivity (Wildman–Crippen MR) is 120 cm³/mol. The van der Waals surface area contributed by atoms with Crippen LogP contribution in [0.4, 0.5) is 71.5 Å². The van der Waals surface area contributed by atoms with Crippen LogP contribution < -0.4 is 5.32 Å². The summed E-state index contributed by atoms with van der Waals surface area (Å²) in [5.41, 5.74) is 0.278. The van der Waals surface area contributed by atoms with Crippen molar-refractivity contribution >= 4 is 17.6 Å². The van der Waals surface area contributed by atoms with Crippen molar-refractivity contribution in [1.29, 1.82) is 0 Å². The lowest BCUT2D eigenvalue weighted by Crippen LogP contribution is -2.72. The summed E-state index contributed by atoms with van der Waals surface area (Å²) in [6, 6.07) is 5.07. The highest BCUT2D eigenvalue weighted by Crippen LogP contribution is 2.62. The van der Waals surface area contributed by atoms with Crippen LogP contribution in [0.3, 0.4) is 0 Å². The van der Waals surface area contributed by atoms with Crippen molar-refractivity contribution in [2.75, 3.05) is 18.5 Å². The monoisotopic (exact) mass is 671 g/mol. The minimum atomic E-state index is -8.32. The van der Waals surface area contributed by atoms with Crippen LogP contribution in [0.15, 0.2) is 48.8 Å². The molecule has 44 heavy (non-hydrogen) atoms. The molecule has 0 unspecified atom stereocenters. The van der Waals surface area contributed by atoms with Gasteiger partial charge in [-0.25, -0.2) is 9.59 Å². The van der Waals surface area contributed by atoms with Gasteiger partial charge >= 0.3 is 53.7 Å². The van der Waals surface area contributed by atoms with E-state index < -0.39 is 66.1 Å². The average Bonchev–Trinajstić information content (AvgIpc) is 2.89. The Bertz CT molecular complexity index is 1190. The quantitative estimate of drug-likeness (QED) is 0.0511. The first-order chi connectivity index (χ1) is 19.8. The van der Waals surface area contributed by atoms with E-state index in [1.54, 1.807) is 6.92 Å². The van der Waals surface area contributed by atoms with E-state index in [0.29, 0.717) is 0 Å². The molecule has 0 aliphatic rings. The normalized spacial score (nSPS) is 14.3. The van der Waals surface area contributed by atoms with Gasteiger partial charge in [-0.05, 0) is 50.1 Å². The second kappa shape index (κ2) is 13.6. The maximum Gasteiger partial charge on any atom is 0.460 e. The molecule has 0 aliphatic carbocycles. The molecule has 0 atom stereocenters. The molecule has 250 valence electrons. The topological polar surface area (TPSA) is 64.6 Å². The summed E-state index contributed by atoms with van der Waals surface area (Å²) in [4.78, 5) is 23.0. The molecule has 0 fully saturated rings. The summed E-state index contributed by atoms with van der Waals surface area (Å²) in [5.74, 6) is -48.4. The van der Waals surface area contributed by atoms with Crippen molar-refractivity contribution in [1.82, 2.24) is 0 Å². The smallest absolute Gasteiger partial charge is 0.460 e. The molecule has 1 aromatic carbocycles. The van der Waals surface area contributed by atoms with Gasteiger partial charge in [0.2, 0.25) is 0 Å². The van der Waals surface area contributed by atoms with Crippen molar-refractivity contribution in [3.63, 3.8) is 0 Å². The Morgan fingerprint density at radius 1 is 0.750 bits per heavy atom. The SMILES string of the molecule is CCOC(=O)C=COC(=O)c1ccc(NCCCC=CC(F)(F)C(F)(F)C(F)(F)C(F)(F)C(F)(F)C(F)(F)C(F)(F)F)cc1. The van der Waals surface area contributed by atoms with Gasteiger partial charge in [-0.2, -0.15) is 65.9 Å². The first kappa shape index (κ1) is 38.4. The average molecular weight is 671 g/mol. The summed E-state index contributed by atoms with van der Waals surface area (Å²) in [5, 5.41) is 2.64. The molecule has 0 heterocycles. The number of anilines is 1. The number of benzene rings is 1. The number of rotatable bonds is 15. The Labute approximate surface area is 237 Å². The fourth-order valence-corrected chi connectivity index (χ4v) is 2.90. The molecule has 0 aromatic heterocycles. The second-order valence-electron chi connectivity index (χ2n) is 8.50. The molecule has 5 nitrogen and oxygen atoms in total. The summed E-state index contributed by atoms with van der Waals surface area (Å²) in [6.07, 6.45) is -8.08. The minimum absolute atomic E-state index is 0.00239. The molecule has 1 aromatic rings. The van der Waals surface area contributed by atoms with Gasteiger partial charge in [-0.1, -0.05) is 6.08 Å². The molecule has 0 amide bonds. The molecular weight excluding hydrogens is 651 g/mol. The van der Waals surface area contributed by atoms with Crippen LogP contribution >= 0.6 is 0 Å². The highest BCUT2D eigenvalue weighted by Gasteiger charge is 2.93. The fourth-order valence-electron chi connectivity index (χ4n) is 2.90. The van der Waals surface area contributed by atoms with Crippen LogP contribution in [0.1, 0.15) is 30.1 Å². The summed E-state index contributed by atoms with van der Waals surface area (Å²) in [6.45, 7) is 1.46. The van der Waals surface area contributed by atoms with E-state index in [2.05, 4.69) is 14.8 Å². The molecule has 20 heteroatoms. The number of halogens is 15. The summed E-state index contributed by atoms with van der Waals surface area (Å²) >= 11 is 0. The van der Waals surface area contributed by atoms with Crippen molar-refractivity contribution in [2.24, 2.45) is 0 Å². The lowest BCUT2D eigenvalue weighted by atomic mass is 9.91. The third kappa shape index (κ3) is 7.72. The molecule has 0 saturated heterocycles. The number of unbranched alkanes of at least 4 members (excludes halogenated alkanes) is 1. The van der Waals surface area contributed by atoms with Crippen LogP contribution in [-0.2, 0) is 14.3 Å². The third-order valence-electron chi connectivity index (χ3n) is 5.34. The van der Waals surface area contributed by atoms with Crippen LogP contribution in [-0.4, -0.2) is 66.8 Å². The van der Waals surface area contributed by atoms with Gasteiger partial charge < -0.3 is 14.8 Å². The van der Waals surface area contributed by atoms with E-state index in [0.717, 1.165) is 12.3 Å². The lowest BCUT2D eigenvalue weighted by Gasteiger charge is -2.41. The largest absolute Gasteiger partial charge is 0.463 e. The number of hydrogen-bond donors (Lipinski definition) is 1. The van der Waals surface area contributed by atoms with Crippen molar-refractivity contribution in [2.45, 2.75) is 61.5 Å².